The summed E-state index contributed by atoms with van der Waals surface area (Å²) in [5.41, 5.74) is -1.20. The number of hydrogen-bond donors (Lipinski definition) is 0. The van der Waals surface area contributed by atoms with Gasteiger partial charge in [-0.25, -0.2) is 0 Å². The molecule has 0 radical (unpaired) electrons. The third kappa shape index (κ3) is 4.87. The predicted octanol–water partition coefficient (Wildman–Crippen LogP) is 3.98. The largest absolute Gasteiger partial charge is 0.493 e. The standard InChI is InChI=1S/C21H22F3N3O5/c1-3-32-18-7-4-14(12-19(18)31-2)20(28)26-10-8-25(9-11-26)16-6-5-15(21(22,23)24)13-17(16)27(29)30/h4-7,12-13H,3,8-11H2,1-2H3. The van der Waals surface area contributed by atoms with Crippen molar-refractivity contribution in [2.75, 3.05) is 44.8 Å². The van der Waals surface area contributed by atoms with Gasteiger partial charge in [-0.3, -0.25) is 14.9 Å². The van der Waals surface area contributed by atoms with Crippen molar-refractivity contribution in [1.29, 1.82) is 0 Å². The minimum atomic E-state index is -4.67. The number of amides is 1. The quantitative estimate of drug-likeness (QED) is 0.486. The summed E-state index contributed by atoms with van der Waals surface area (Å²) in [6, 6.07) is 7.33. The normalized spacial score (nSPS) is 14.3. The highest BCUT2D eigenvalue weighted by Crippen LogP contribution is 2.37. The fraction of sp³-hybridized carbons (Fsp3) is 0.381. The van der Waals surface area contributed by atoms with Gasteiger partial charge in [-0.05, 0) is 37.3 Å². The predicted molar refractivity (Wildman–Crippen MR) is 110 cm³/mol. The first-order chi connectivity index (χ1) is 15.2. The van der Waals surface area contributed by atoms with E-state index in [0.717, 1.165) is 12.1 Å². The molecule has 0 bridgehead atoms. The van der Waals surface area contributed by atoms with Gasteiger partial charge in [-0.1, -0.05) is 0 Å². The van der Waals surface area contributed by atoms with Crippen LogP contribution in [0.5, 0.6) is 11.5 Å². The maximum Gasteiger partial charge on any atom is 0.416 e. The lowest BCUT2D eigenvalue weighted by molar-refractivity contribution is -0.384. The molecule has 1 fully saturated rings. The lowest BCUT2D eigenvalue weighted by Gasteiger charge is -2.36. The summed E-state index contributed by atoms with van der Waals surface area (Å²) in [4.78, 5) is 26.6. The van der Waals surface area contributed by atoms with Crippen molar-refractivity contribution in [2.45, 2.75) is 13.1 Å². The van der Waals surface area contributed by atoms with Gasteiger partial charge in [-0.15, -0.1) is 0 Å². The van der Waals surface area contributed by atoms with Crippen molar-refractivity contribution in [1.82, 2.24) is 4.90 Å². The molecule has 1 saturated heterocycles. The van der Waals surface area contributed by atoms with Gasteiger partial charge in [0.2, 0.25) is 0 Å². The van der Waals surface area contributed by atoms with Crippen molar-refractivity contribution in [3.05, 3.63) is 57.6 Å². The number of piperazine rings is 1. The van der Waals surface area contributed by atoms with E-state index in [4.69, 9.17) is 9.47 Å². The number of halogens is 3. The van der Waals surface area contributed by atoms with Crippen LogP contribution in [0.1, 0.15) is 22.8 Å². The molecule has 0 spiro atoms. The van der Waals surface area contributed by atoms with Crippen LogP contribution in [0.3, 0.4) is 0 Å². The summed E-state index contributed by atoms with van der Waals surface area (Å²) in [7, 11) is 1.47. The van der Waals surface area contributed by atoms with E-state index in [-0.39, 0.29) is 37.8 Å². The molecule has 1 amide bonds. The first kappa shape index (κ1) is 23.2. The number of rotatable bonds is 6. The van der Waals surface area contributed by atoms with E-state index in [1.165, 1.54) is 7.11 Å². The van der Waals surface area contributed by atoms with Crippen LogP contribution in [0.4, 0.5) is 24.5 Å². The highest BCUT2D eigenvalue weighted by Gasteiger charge is 2.34. The number of benzene rings is 2. The minimum absolute atomic E-state index is 0.0952. The molecule has 0 unspecified atom stereocenters. The maximum atomic E-state index is 12.9. The molecule has 0 atom stereocenters. The van der Waals surface area contributed by atoms with Gasteiger partial charge in [0.25, 0.3) is 11.6 Å². The molecule has 1 aliphatic rings. The first-order valence-corrected chi connectivity index (χ1v) is 9.86. The molecule has 0 N–H and O–H groups in total. The van der Waals surface area contributed by atoms with Crippen LogP contribution in [0, 0.1) is 10.1 Å². The molecule has 1 heterocycles. The van der Waals surface area contributed by atoms with Gasteiger partial charge in [0.15, 0.2) is 11.5 Å². The smallest absolute Gasteiger partial charge is 0.416 e. The van der Waals surface area contributed by atoms with Crippen molar-refractivity contribution < 1.29 is 32.4 Å². The van der Waals surface area contributed by atoms with E-state index in [9.17, 15) is 28.1 Å². The van der Waals surface area contributed by atoms with Gasteiger partial charge >= 0.3 is 6.18 Å². The minimum Gasteiger partial charge on any atom is -0.493 e. The number of nitro groups is 1. The van der Waals surface area contributed by atoms with Crippen LogP contribution in [0.25, 0.3) is 0 Å². The van der Waals surface area contributed by atoms with Gasteiger partial charge < -0.3 is 19.3 Å². The average Bonchev–Trinajstić information content (AvgIpc) is 2.78. The number of nitro benzene ring substituents is 1. The Bertz CT molecular complexity index is 1000. The molecular weight excluding hydrogens is 431 g/mol. The van der Waals surface area contributed by atoms with Crippen molar-refractivity contribution in [3.63, 3.8) is 0 Å². The summed E-state index contributed by atoms with van der Waals surface area (Å²) < 4.78 is 49.5. The summed E-state index contributed by atoms with van der Waals surface area (Å²) in [6.45, 7) is 3.28. The molecule has 1 aliphatic heterocycles. The summed E-state index contributed by atoms with van der Waals surface area (Å²) >= 11 is 0. The van der Waals surface area contributed by atoms with E-state index in [0.29, 0.717) is 29.7 Å². The Morgan fingerprint density at radius 1 is 1.09 bits per heavy atom. The molecule has 32 heavy (non-hydrogen) atoms. The molecular formula is C21H22F3N3O5. The van der Waals surface area contributed by atoms with Crippen LogP contribution in [0.2, 0.25) is 0 Å². The number of ether oxygens (including phenoxy) is 2. The molecule has 0 aromatic heterocycles. The van der Waals surface area contributed by atoms with Crippen LogP contribution in [-0.4, -0.2) is 55.6 Å². The molecule has 172 valence electrons. The third-order valence-electron chi connectivity index (χ3n) is 5.12. The zero-order valence-electron chi connectivity index (χ0n) is 17.5. The van der Waals surface area contributed by atoms with Gasteiger partial charge in [0.1, 0.15) is 5.69 Å². The first-order valence-electron chi connectivity index (χ1n) is 9.86. The number of alkyl halides is 3. The zero-order chi connectivity index (χ0) is 23.5. The number of carbonyl (C=O) groups excluding carboxylic acids is 1. The number of anilines is 1. The number of carbonyl (C=O) groups is 1. The average molecular weight is 453 g/mol. The fourth-order valence-corrected chi connectivity index (χ4v) is 3.52. The SMILES string of the molecule is CCOc1ccc(C(=O)N2CCN(c3ccc(C(F)(F)F)cc3[N+](=O)[O-])CC2)cc1OC. The highest BCUT2D eigenvalue weighted by atomic mass is 19.4. The van der Waals surface area contributed by atoms with Crippen LogP contribution < -0.4 is 14.4 Å². The highest BCUT2D eigenvalue weighted by molar-refractivity contribution is 5.95. The van der Waals surface area contributed by atoms with Gasteiger partial charge in [0, 0.05) is 37.8 Å². The molecule has 11 heteroatoms. The van der Waals surface area contributed by atoms with Crippen LogP contribution >= 0.6 is 0 Å². The number of hydrogen-bond acceptors (Lipinski definition) is 6. The summed E-state index contributed by atoms with van der Waals surface area (Å²) in [6.07, 6.45) is -4.67. The topological polar surface area (TPSA) is 85.2 Å². The second-order valence-corrected chi connectivity index (χ2v) is 7.04. The molecule has 2 aromatic carbocycles. The Balaban J connectivity index is 1.74. The van der Waals surface area contributed by atoms with E-state index in [2.05, 4.69) is 0 Å². The lowest BCUT2D eigenvalue weighted by atomic mass is 10.1. The molecule has 0 aliphatic carbocycles. The molecule has 3 rings (SSSR count). The van der Waals surface area contributed by atoms with Gasteiger partial charge in [0.05, 0.1) is 24.2 Å². The Morgan fingerprint density at radius 2 is 1.78 bits per heavy atom. The van der Waals surface area contributed by atoms with E-state index >= 15 is 0 Å². The maximum absolute atomic E-state index is 12.9. The summed E-state index contributed by atoms with van der Waals surface area (Å²) in [5.74, 6) is 0.704. The van der Waals surface area contributed by atoms with E-state index in [1.807, 2.05) is 6.92 Å². The zero-order valence-corrected chi connectivity index (χ0v) is 17.5. The Hall–Kier alpha value is -3.50. The van der Waals surface area contributed by atoms with Crippen molar-refractivity contribution in [3.8, 4) is 11.5 Å². The fourth-order valence-electron chi connectivity index (χ4n) is 3.52. The van der Waals surface area contributed by atoms with Crippen LogP contribution in [0.15, 0.2) is 36.4 Å². The lowest BCUT2D eigenvalue weighted by Crippen LogP contribution is -2.49. The molecule has 2 aromatic rings. The van der Waals surface area contributed by atoms with Crippen molar-refractivity contribution >= 4 is 17.3 Å². The van der Waals surface area contributed by atoms with E-state index in [1.54, 1.807) is 28.0 Å². The Kier molecular flexibility index (Phi) is 6.75. The second kappa shape index (κ2) is 9.33. The Morgan fingerprint density at radius 3 is 2.34 bits per heavy atom. The molecule has 0 saturated carbocycles. The monoisotopic (exact) mass is 453 g/mol. The van der Waals surface area contributed by atoms with Crippen molar-refractivity contribution in [2.24, 2.45) is 0 Å². The van der Waals surface area contributed by atoms with Gasteiger partial charge in [-0.2, -0.15) is 13.2 Å². The number of methoxy groups -OCH3 is 1. The Labute approximate surface area is 182 Å². The van der Waals surface area contributed by atoms with E-state index < -0.39 is 22.4 Å². The summed E-state index contributed by atoms with van der Waals surface area (Å²) in [5, 5.41) is 11.4. The molecule has 8 nitrogen and oxygen atoms in total. The third-order valence-corrected chi connectivity index (χ3v) is 5.12. The number of nitrogens with zero attached hydrogens (tertiary/aromatic N) is 3. The second-order valence-electron chi connectivity index (χ2n) is 7.04. The van der Waals surface area contributed by atoms with Crippen LogP contribution in [-0.2, 0) is 6.18 Å².